The Morgan fingerprint density at radius 1 is 1.44 bits per heavy atom. The molecule has 0 fully saturated rings. The van der Waals surface area contributed by atoms with Gasteiger partial charge < -0.3 is 19.5 Å². The van der Waals surface area contributed by atoms with Crippen LogP contribution in [0.25, 0.3) is 0 Å². The van der Waals surface area contributed by atoms with E-state index in [-0.39, 0.29) is 0 Å². The number of methoxy groups -OCH3 is 1. The van der Waals surface area contributed by atoms with Gasteiger partial charge in [-0.3, -0.25) is 0 Å². The predicted molar refractivity (Wildman–Crippen MR) is 58.3 cm³/mol. The molecule has 2 N–H and O–H groups in total. The summed E-state index contributed by atoms with van der Waals surface area (Å²) in [6.07, 6.45) is -1.06. The van der Waals surface area contributed by atoms with Crippen LogP contribution in [0.1, 0.15) is 33.4 Å². The molecule has 0 aliphatic carbocycles. The van der Waals surface area contributed by atoms with Crippen molar-refractivity contribution in [2.75, 3.05) is 13.7 Å². The maximum absolute atomic E-state index is 11.6. The topological polar surface area (TPSA) is 71.7 Å². The van der Waals surface area contributed by atoms with Crippen LogP contribution in [-0.2, 0) is 11.8 Å². The molecule has 5 heteroatoms. The van der Waals surface area contributed by atoms with Crippen molar-refractivity contribution in [1.82, 2.24) is 4.57 Å². The first-order chi connectivity index (χ1) is 7.45. The van der Waals surface area contributed by atoms with Gasteiger partial charge in [0, 0.05) is 24.0 Å². The van der Waals surface area contributed by atoms with Gasteiger partial charge in [-0.25, -0.2) is 4.79 Å². The van der Waals surface area contributed by atoms with Gasteiger partial charge in [-0.1, -0.05) is 0 Å². The minimum Gasteiger partial charge on any atom is -0.465 e. The lowest BCUT2D eigenvalue weighted by molar-refractivity contribution is 0.0582. The van der Waals surface area contributed by atoms with Gasteiger partial charge >= 0.3 is 5.97 Å². The molecule has 0 saturated carbocycles. The van der Waals surface area contributed by atoms with Crippen LogP contribution in [0.2, 0.25) is 0 Å². The Balaban J connectivity index is 3.45. The molecular weight excluding hydrogens is 210 g/mol. The smallest absolute Gasteiger partial charge is 0.340 e. The second-order valence-electron chi connectivity index (χ2n) is 3.71. The maximum Gasteiger partial charge on any atom is 0.340 e. The van der Waals surface area contributed by atoms with E-state index >= 15 is 0 Å². The lowest BCUT2D eigenvalue weighted by Gasteiger charge is -2.09. The molecule has 0 saturated heterocycles. The van der Waals surface area contributed by atoms with E-state index in [9.17, 15) is 9.90 Å². The highest BCUT2D eigenvalue weighted by Crippen LogP contribution is 2.27. The van der Waals surface area contributed by atoms with E-state index in [1.807, 2.05) is 0 Å². The van der Waals surface area contributed by atoms with Gasteiger partial charge in [0.05, 0.1) is 19.3 Å². The molecule has 5 nitrogen and oxygen atoms in total. The van der Waals surface area contributed by atoms with Gasteiger partial charge in [0.1, 0.15) is 6.10 Å². The van der Waals surface area contributed by atoms with Crippen molar-refractivity contribution in [2.45, 2.75) is 20.0 Å². The van der Waals surface area contributed by atoms with Crippen LogP contribution in [0.5, 0.6) is 0 Å². The second kappa shape index (κ2) is 4.67. The Morgan fingerprint density at radius 3 is 2.44 bits per heavy atom. The molecule has 16 heavy (non-hydrogen) atoms. The fraction of sp³-hybridized carbons (Fsp3) is 0.545. The minimum absolute atomic E-state index is 0.337. The molecule has 0 amide bonds. The predicted octanol–water partition coefficient (Wildman–Crippen LogP) is 0.454. The molecular formula is C11H17NO4. The molecule has 1 unspecified atom stereocenters. The third-order valence-electron chi connectivity index (χ3n) is 2.92. The van der Waals surface area contributed by atoms with E-state index in [1.165, 1.54) is 7.11 Å². The van der Waals surface area contributed by atoms with Crippen molar-refractivity contribution in [1.29, 1.82) is 0 Å². The summed E-state index contributed by atoms with van der Waals surface area (Å²) in [6, 6.07) is 0. The molecule has 1 aromatic heterocycles. The molecule has 1 aromatic rings. The molecule has 0 aliphatic heterocycles. The third-order valence-corrected chi connectivity index (χ3v) is 2.92. The Labute approximate surface area is 94.3 Å². The zero-order valence-corrected chi connectivity index (χ0v) is 9.94. The number of rotatable bonds is 3. The van der Waals surface area contributed by atoms with Gasteiger partial charge in [-0.15, -0.1) is 0 Å². The lowest BCUT2D eigenvalue weighted by atomic mass is 10.0. The maximum atomic E-state index is 11.6. The van der Waals surface area contributed by atoms with Gasteiger partial charge in [0.25, 0.3) is 0 Å². The molecule has 1 atom stereocenters. The van der Waals surface area contributed by atoms with E-state index in [0.717, 1.165) is 5.69 Å². The number of carbonyl (C=O) groups is 1. The number of aliphatic hydroxyl groups is 2. The molecule has 0 spiro atoms. The standard InChI is InChI=1S/C11H17NO4/c1-6-9(8(14)5-13)10(11(15)16-4)7(2)12(6)3/h8,13-14H,5H2,1-4H3. The van der Waals surface area contributed by atoms with Gasteiger partial charge in [-0.05, 0) is 13.8 Å². The van der Waals surface area contributed by atoms with Crippen molar-refractivity contribution in [3.63, 3.8) is 0 Å². The van der Waals surface area contributed by atoms with E-state index < -0.39 is 18.7 Å². The van der Waals surface area contributed by atoms with Crippen LogP contribution in [-0.4, -0.2) is 34.5 Å². The zero-order valence-electron chi connectivity index (χ0n) is 9.94. The SMILES string of the molecule is COC(=O)c1c(C(O)CO)c(C)n(C)c1C. The molecule has 90 valence electrons. The van der Waals surface area contributed by atoms with Gasteiger partial charge in [-0.2, -0.15) is 0 Å². The quantitative estimate of drug-likeness (QED) is 0.736. The number of aliphatic hydroxyl groups excluding tert-OH is 2. The highest BCUT2D eigenvalue weighted by Gasteiger charge is 2.26. The number of hydrogen-bond acceptors (Lipinski definition) is 4. The number of nitrogens with zero attached hydrogens (tertiary/aromatic N) is 1. The van der Waals surface area contributed by atoms with E-state index in [4.69, 9.17) is 5.11 Å². The van der Waals surface area contributed by atoms with Crippen LogP contribution in [0.4, 0.5) is 0 Å². The molecule has 0 bridgehead atoms. The van der Waals surface area contributed by atoms with Crippen LogP contribution >= 0.6 is 0 Å². The summed E-state index contributed by atoms with van der Waals surface area (Å²) in [5.41, 5.74) is 2.24. The Bertz CT molecular complexity index is 409. The van der Waals surface area contributed by atoms with E-state index in [1.54, 1.807) is 25.5 Å². The zero-order chi connectivity index (χ0) is 12.5. The first-order valence-electron chi connectivity index (χ1n) is 4.98. The van der Waals surface area contributed by atoms with Crippen molar-refractivity contribution in [2.24, 2.45) is 7.05 Å². The number of hydrogen-bond donors (Lipinski definition) is 2. The van der Waals surface area contributed by atoms with Crippen LogP contribution < -0.4 is 0 Å². The largest absolute Gasteiger partial charge is 0.465 e. The number of carbonyl (C=O) groups excluding carboxylic acids is 1. The summed E-state index contributed by atoms with van der Waals surface area (Å²) in [7, 11) is 3.09. The summed E-state index contributed by atoms with van der Waals surface area (Å²) in [5, 5.41) is 18.7. The molecule has 1 heterocycles. The third kappa shape index (κ3) is 1.83. The highest BCUT2D eigenvalue weighted by molar-refractivity contribution is 5.93. The fourth-order valence-electron chi connectivity index (χ4n) is 1.83. The molecule has 0 radical (unpaired) electrons. The van der Waals surface area contributed by atoms with Gasteiger partial charge in [0.2, 0.25) is 0 Å². The Hall–Kier alpha value is -1.33. The average molecular weight is 227 g/mol. The molecule has 0 aliphatic rings. The normalized spacial score (nSPS) is 12.6. The van der Waals surface area contributed by atoms with Crippen LogP contribution in [0.15, 0.2) is 0 Å². The summed E-state index contributed by atoms with van der Waals surface area (Å²) in [5.74, 6) is -0.497. The van der Waals surface area contributed by atoms with Crippen LogP contribution in [0.3, 0.4) is 0 Å². The van der Waals surface area contributed by atoms with Crippen molar-refractivity contribution in [3.8, 4) is 0 Å². The summed E-state index contributed by atoms with van der Waals surface area (Å²) < 4.78 is 6.47. The Morgan fingerprint density at radius 2 is 2.00 bits per heavy atom. The first-order valence-corrected chi connectivity index (χ1v) is 4.98. The summed E-state index contributed by atoms with van der Waals surface area (Å²) in [6.45, 7) is 3.13. The minimum atomic E-state index is -1.06. The van der Waals surface area contributed by atoms with E-state index in [0.29, 0.717) is 16.8 Å². The monoisotopic (exact) mass is 227 g/mol. The Kier molecular flexibility index (Phi) is 3.72. The van der Waals surface area contributed by atoms with Crippen molar-refractivity contribution in [3.05, 3.63) is 22.5 Å². The molecule has 0 aromatic carbocycles. The first kappa shape index (κ1) is 12.7. The lowest BCUT2D eigenvalue weighted by Crippen LogP contribution is -2.11. The molecule has 1 rings (SSSR count). The van der Waals surface area contributed by atoms with Crippen molar-refractivity contribution < 1.29 is 19.7 Å². The highest BCUT2D eigenvalue weighted by atomic mass is 16.5. The van der Waals surface area contributed by atoms with E-state index in [2.05, 4.69) is 4.74 Å². The van der Waals surface area contributed by atoms with Crippen molar-refractivity contribution >= 4 is 5.97 Å². The van der Waals surface area contributed by atoms with Gasteiger partial charge in [0.15, 0.2) is 0 Å². The number of ether oxygens (including phenoxy) is 1. The fourth-order valence-corrected chi connectivity index (χ4v) is 1.83. The summed E-state index contributed by atoms with van der Waals surface area (Å²) in [4.78, 5) is 11.6. The summed E-state index contributed by atoms with van der Waals surface area (Å²) >= 11 is 0. The average Bonchev–Trinajstić information content (AvgIpc) is 2.51. The second-order valence-corrected chi connectivity index (χ2v) is 3.71. The number of aromatic nitrogens is 1. The van der Waals surface area contributed by atoms with Crippen LogP contribution in [0, 0.1) is 13.8 Å². The number of esters is 1.